The van der Waals surface area contributed by atoms with Crippen molar-refractivity contribution in [2.45, 2.75) is 24.2 Å². The van der Waals surface area contributed by atoms with Crippen LogP contribution in [0.25, 0.3) is 0 Å². The third-order valence-corrected chi connectivity index (χ3v) is 4.09. The number of hydrogen-bond acceptors (Lipinski definition) is 4. The van der Waals surface area contributed by atoms with Crippen LogP contribution in [0.5, 0.6) is 0 Å². The minimum absolute atomic E-state index is 0.0148. The molecule has 2 atom stereocenters. The summed E-state index contributed by atoms with van der Waals surface area (Å²) in [6.07, 6.45) is 3.62. The van der Waals surface area contributed by atoms with E-state index in [1.165, 1.54) is 16.7 Å². The van der Waals surface area contributed by atoms with Crippen molar-refractivity contribution in [3.05, 3.63) is 11.5 Å². The number of carbonyl (C=O) groups is 2. The van der Waals surface area contributed by atoms with Crippen LogP contribution in [0.15, 0.2) is 16.5 Å². The molecule has 17 heavy (non-hydrogen) atoms. The molecule has 0 radical (unpaired) electrons. The minimum Gasteiger partial charge on any atom is -0.376 e. The molecule has 3 amide bonds. The highest BCUT2D eigenvalue weighted by Gasteiger charge is 2.39. The first kappa shape index (κ1) is 11.0. The predicted octanol–water partition coefficient (Wildman–Crippen LogP) is 1.20. The van der Waals surface area contributed by atoms with Crippen LogP contribution in [0.2, 0.25) is 0 Å². The van der Waals surface area contributed by atoms with Crippen LogP contribution in [0.3, 0.4) is 0 Å². The van der Waals surface area contributed by atoms with Crippen molar-refractivity contribution in [2.24, 2.45) is 4.99 Å². The average Bonchev–Trinajstić information content (AvgIpc) is 2.94. The van der Waals surface area contributed by atoms with E-state index in [-0.39, 0.29) is 17.3 Å². The highest BCUT2D eigenvalue weighted by atomic mass is 32.2. The number of nitrogens with zero attached hydrogens (tertiary/aromatic N) is 2. The second kappa shape index (κ2) is 4.27. The topological polar surface area (TPSA) is 59.0 Å². The number of urea groups is 1. The summed E-state index contributed by atoms with van der Waals surface area (Å²) in [5.41, 5.74) is 0.577. The van der Waals surface area contributed by atoms with Gasteiger partial charge in [-0.3, -0.25) is 9.69 Å². The number of allylic oxidation sites excluding steroid dienone is 1. The SMILES string of the molecule is O=C1N=C2C=CSC2C(=O)N1CC1CCCO1. The number of thioether (sulfide) groups is 1. The van der Waals surface area contributed by atoms with E-state index < -0.39 is 6.03 Å². The molecule has 0 aromatic heterocycles. The molecule has 0 bridgehead atoms. The monoisotopic (exact) mass is 252 g/mol. The highest BCUT2D eigenvalue weighted by Crippen LogP contribution is 2.28. The van der Waals surface area contributed by atoms with E-state index in [1.54, 1.807) is 6.08 Å². The number of aliphatic imine (C=N–C) groups is 1. The molecule has 3 heterocycles. The normalized spacial score (nSPS) is 32.0. The fourth-order valence-electron chi connectivity index (χ4n) is 2.19. The fourth-order valence-corrected chi connectivity index (χ4v) is 3.08. The van der Waals surface area contributed by atoms with Crippen molar-refractivity contribution < 1.29 is 14.3 Å². The van der Waals surface area contributed by atoms with Gasteiger partial charge in [0.1, 0.15) is 5.25 Å². The summed E-state index contributed by atoms with van der Waals surface area (Å²) in [7, 11) is 0. The summed E-state index contributed by atoms with van der Waals surface area (Å²) in [4.78, 5) is 29.0. The number of fused-ring (bicyclic) bond motifs is 1. The maximum absolute atomic E-state index is 12.1. The van der Waals surface area contributed by atoms with Gasteiger partial charge in [0.25, 0.3) is 0 Å². The molecule has 90 valence electrons. The zero-order valence-electron chi connectivity index (χ0n) is 9.17. The second-order valence-corrected chi connectivity index (χ2v) is 5.24. The number of carbonyl (C=O) groups excluding carboxylic acids is 2. The maximum atomic E-state index is 12.1. The average molecular weight is 252 g/mol. The van der Waals surface area contributed by atoms with E-state index in [4.69, 9.17) is 4.74 Å². The summed E-state index contributed by atoms with van der Waals surface area (Å²) in [6.45, 7) is 1.06. The molecule has 2 unspecified atom stereocenters. The van der Waals surface area contributed by atoms with Crippen LogP contribution in [0, 0.1) is 0 Å². The lowest BCUT2D eigenvalue weighted by Crippen LogP contribution is -2.49. The summed E-state index contributed by atoms with van der Waals surface area (Å²) >= 11 is 1.40. The van der Waals surface area contributed by atoms with E-state index in [9.17, 15) is 9.59 Å². The summed E-state index contributed by atoms with van der Waals surface area (Å²) in [5.74, 6) is -0.162. The Bertz CT molecular complexity index is 426. The van der Waals surface area contributed by atoms with Crippen LogP contribution in [-0.2, 0) is 9.53 Å². The van der Waals surface area contributed by atoms with Gasteiger partial charge in [-0.25, -0.2) is 4.79 Å². The Morgan fingerprint density at radius 1 is 1.53 bits per heavy atom. The molecule has 5 nitrogen and oxygen atoms in total. The molecular formula is C11H12N2O3S. The first-order valence-corrected chi connectivity index (χ1v) is 6.57. The van der Waals surface area contributed by atoms with Gasteiger partial charge in [0, 0.05) is 6.61 Å². The number of ether oxygens (including phenoxy) is 1. The lowest BCUT2D eigenvalue weighted by atomic mass is 10.1. The van der Waals surface area contributed by atoms with E-state index in [1.807, 2.05) is 5.41 Å². The van der Waals surface area contributed by atoms with Gasteiger partial charge < -0.3 is 4.74 Å². The van der Waals surface area contributed by atoms with Crippen molar-refractivity contribution in [3.8, 4) is 0 Å². The summed E-state index contributed by atoms with van der Waals surface area (Å²) in [6, 6.07) is -0.455. The summed E-state index contributed by atoms with van der Waals surface area (Å²) < 4.78 is 5.45. The Hall–Kier alpha value is -1.14. The molecule has 1 saturated heterocycles. The molecule has 0 aromatic rings. The van der Waals surface area contributed by atoms with Gasteiger partial charge >= 0.3 is 6.03 Å². The molecule has 1 fully saturated rings. The quantitative estimate of drug-likeness (QED) is 0.741. The highest BCUT2D eigenvalue weighted by molar-refractivity contribution is 8.04. The van der Waals surface area contributed by atoms with E-state index in [2.05, 4.69) is 4.99 Å². The van der Waals surface area contributed by atoms with Crippen LogP contribution in [0.4, 0.5) is 4.79 Å². The predicted molar refractivity (Wildman–Crippen MR) is 64.0 cm³/mol. The van der Waals surface area contributed by atoms with E-state index in [0.29, 0.717) is 12.3 Å². The number of rotatable bonds is 2. The Labute approximate surface area is 103 Å². The largest absolute Gasteiger partial charge is 0.376 e. The van der Waals surface area contributed by atoms with Crippen LogP contribution >= 0.6 is 11.8 Å². The van der Waals surface area contributed by atoms with Gasteiger partial charge in [-0.15, -0.1) is 11.8 Å². The zero-order valence-corrected chi connectivity index (χ0v) is 9.98. The third-order valence-electron chi connectivity index (χ3n) is 3.08. The van der Waals surface area contributed by atoms with Crippen molar-refractivity contribution in [1.29, 1.82) is 0 Å². The molecule has 0 N–H and O–H groups in total. The molecule has 3 aliphatic rings. The van der Waals surface area contributed by atoms with Crippen LogP contribution in [0.1, 0.15) is 12.8 Å². The minimum atomic E-state index is -0.455. The van der Waals surface area contributed by atoms with Crippen LogP contribution in [-0.4, -0.2) is 47.1 Å². The Morgan fingerprint density at radius 3 is 3.18 bits per heavy atom. The third kappa shape index (κ3) is 1.91. The Kier molecular flexibility index (Phi) is 2.76. The van der Waals surface area contributed by atoms with Gasteiger partial charge in [0.2, 0.25) is 5.91 Å². The maximum Gasteiger partial charge on any atom is 0.350 e. The van der Waals surface area contributed by atoms with Crippen molar-refractivity contribution >= 4 is 29.4 Å². The smallest absolute Gasteiger partial charge is 0.350 e. The molecule has 0 aromatic carbocycles. The first-order valence-electron chi connectivity index (χ1n) is 5.63. The van der Waals surface area contributed by atoms with Crippen LogP contribution < -0.4 is 0 Å². The molecule has 0 aliphatic carbocycles. The van der Waals surface area contributed by atoms with Gasteiger partial charge in [0.15, 0.2) is 0 Å². The Balaban J connectivity index is 1.77. The van der Waals surface area contributed by atoms with Crippen molar-refractivity contribution in [3.63, 3.8) is 0 Å². The standard InChI is InChI=1S/C11H12N2O3S/c14-10-9-8(3-5-17-9)12-11(15)13(10)6-7-2-1-4-16-7/h3,5,7,9H,1-2,4,6H2. The number of imide groups is 1. The van der Waals surface area contributed by atoms with E-state index >= 15 is 0 Å². The zero-order chi connectivity index (χ0) is 11.8. The fraction of sp³-hybridized carbons (Fsp3) is 0.545. The molecule has 3 rings (SSSR count). The van der Waals surface area contributed by atoms with Gasteiger partial charge in [-0.1, -0.05) is 0 Å². The number of amides is 3. The molecule has 0 saturated carbocycles. The van der Waals surface area contributed by atoms with Gasteiger partial charge in [0.05, 0.1) is 18.4 Å². The Morgan fingerprint density at radius 2 is 2.41 bits per heavy atom. The molecule has 3 aliphatic heterocycles. The summed E-state index contributed by atoms with van der Waals surface area (Å²) in [5, 5.41) is 1.48. The lowest BCUT2D eigenvalue weighted by molar-refractivity contribution is -0.127. The van der Waals surface area contributed by atoms with Crippen molar-refractivity contribution in [2.75, 3.05) is 13.2 Å². The number of hydrogen-bond donors (Lipinski definition) is 0. The van der Waals surface area contributed by atoms with Crippen molar-refractivity contribution in [1.82, 2.24) is 4.90 Å². The van der Waals surface area contributed by atoms with Gasteiger partial charge in [-0.05, 0) is 24.3 Å². The molecule has 0 spiro atoms. The molecular weight excluding hydrogens is 240 g/mol. The van der Waals surface area contributed by atoms with E-state index in [0.717, 1.165) is 19.4 Å². The first-order chi connectivity index (χ1) is 8.25. The second-order valence-electron chi connectivity index (χ2n) is 4.22. The van der Waals surface area contributed by atoms with Gasteiger partial charge in [-0.2, -0.15) is 4.99 Å². The lowest BCUT2D eigenvalue weighted by Gasteiger charge is -2.27. The molecule has 6 heteroatoms.